The number of rotatable bonds is 12. The molecule has 0 aromatic heterocycles. The highest BCUT2D eigenvalue weighted by atomic mass is 16.6. The van der Waals surface area contributed by atoms with Crippen molar-refractivity contribution in [1.82, 2.24) is 0 Å². The van der Waals surface area contributed by atoms with E-state index >= 15 is 0 Å². The first-order valence-electron chi connectivity index (χ1n) is 7.62. The Hall–Kier alpha value is -2.53. The molecule has 0 aliphatic carbocycles. The number of esters is 3. The summed E-state index contributed by atoms with van der Waals surface area (Å²) in [6, 6.07) is 0. The fourth-order valence-electron chi connectivity index (χ4n) is 1.10. The molecule has 0 atom stereocenters. The molecular weight excluding hydrogens is 364 g/mol. The number of ether oxygens (including phenoxy) is 3. The molecule has 0 bridgehead atoms. The lowest BCUT2D eigenvalue weighted by molar-refractivity contribution is -0.160. The van der Waals surface area contributed by atoms with E-state index in [9.17, 15) is 14.4 Å². The van der Waals surface area contributed by atoms with Gasteiger partial charge in [-0.3, -0.25) is 0 Å². The number of hydrogen-bond donors (Lipinski definition) is 4. The predicted molar refractivity (Wildman–Crippen MR) is 93.2 cm³/mol. The minimum Gasteiger partial charge on any atom is -0.458 e. The fourth-order valence-corrected chi connectivity index (χ4v) is 1.10. The number of carbonyl (C=O) groups is 3. The van der Waals surface area contributed by atoms with Gasteiger partial charge in [0.25, 0.3) is 0 Å². The van der Waals surface area contributed by atoms with E-state index in [2.05, 4.69) is 29.2 Å². The molecule has 0 aromatic rings. The Morgan fingerprint density at radius 3 is 1.30 bits per heavy atom. The maximum absolute atomic E-state index is 11.0. The number of aliphatic hydroxyl groups excluding tert-OH is 4. The average molecular weight is 390 g/mol. The topological polar surface area (TPSA) is 160 Å². The summed E-state index contributed by atoms with van der Waals surface area (Å²) in [4.78, 5) is 32.7. The van der Waals surface area contributed by atoms with E-state index in [0.29, 0.717) is 0 Å². The quantitative estimate of drug-likeness (QED) is 0.175. The van der Waals surface area contributed by atoms with Crippen molar-refractivity contribution >= 4 is 17.9 Å². The Bertz CT molecular complexity index is 454. The van der Waals surface area contributed by atoms with Gasteiger partial charge in [-0.1, -0.05) is 19.7 Å². The second-order valence-corrected chi connectivity index (χ2v) is 5.06. The van der Waals surface area contributed by atoms with E-state index in [1.54, 1.807) is 0 Å². The van der Waals surface area contributed by atoms with Crippen molar-refractivity contribution in [3.8, 4) is 0 Å². The highest BCUT2D eigenvalue weighted by Crippen LogP contribution is 2.11. The van der Waals surface area contributed by atoms with Crippen LogP contribution in [0.5, 0.6) is 0 Å². The summed E-state index contributed by atoms with van der Waals surface area (Å²) in [6.45, 7) is 7.49. The first-order valence-corrected chi connectivity index (χ1v) is 7.62. The molecule has 0 aromatic carbocycles. The molecule has 0 aliphatic rings. The normalized spacial score (nSPS) is 10.1. The minimum atomic E-state index is -1.11. The maximum atomic E-state index is 11.0. The maximum Gasteiger partial charge on any atom is 0.330 e. The summed E-state index contributed by atoms with van der Waals surface area (Å²) in [5.41, 5.74) is -1.11. The van der Waals surface area contributed by atoms with Crippen LogP contribution in [0.1, 0.15) is 0 Å². The average Bonchev–Trinajstić information content (AvgIpc) is 2.71. The van der Waals surface area contributed by atoms with Crippen LogP contribution in [0.25, 0.3) is 0 Å². The van der Waals surface area contributed by atoms with Crippen molar-refractivity contribution < 1.29 is 49.0 Å². The molecule has 0 heterocycles. The lowest BCUT2D eigenvalue weighted by Gasteiger charge is -2.23. The van der Waals surface area contributed by atoms with Crippen molar-refractivity contribution in [2.75, 3.05) is 39.6 Å². The van der Waals surface area contributed by atoms with Crippen LogP contribution in [0.2, 0.25) is 0 Å². The van der Waals surface area contributed by atoms with Crippen molar-refractivity contribution in [3.63, 3.8) is 0 Å². The highest BCUT2D eigenvalue weighted by molar-refractivity contribution is 5.82. The molecule has 154 valence electrons. The predicted octanol–water partition coefficient (Wildman–Crippen LogP) is -1.52. The Balaban J connectivity index is 0. The molecule has 10 heteroatoms. The molecule has 0 aliphatic heterocycles. The Morgan fingerprint density at radius 2 is 1.07 bits per heavy atom. The summed E-state index contributed by atoms with van der Waals surface area (Å²) in [5.74, 6) is -2.07. The van der Waals surface area contributed by atoms with Crippen molar-refractivity contribution in [1.29, 1.82) is 0 Å². The van der Waals surface area contributed by atoms with E-state index in [-0.39, 0.29) is 13.2 Å². The first kappa shape index (κ1) is 26.7. The van der Waals surface area contributed by atoms with Crippen molar-refractivity contribution in [2.24, 2.45) is 5.41 Å². The van der Waals surface area contributed by atoms with Gasteiger partial charge in [-0.05, 0) is 0 Å². The summed E-state index contributed by atoms with van der Waals surface area (Å²) >= 11 is 0. The van der Waals surface area contributed by atoms with Crippen LogP contribution in [0.4, 0.5) is 0 Å². The van der Waals surface area contributed by atoms with Gasteiger partial charge in [-0.2, -0.15) is 0 Å². The molecule has 10 nitrogen and oxygen atoms in total. The standard InChI is InChI=1S/C12H14O6.C5H12O4/c1-4-10(13)16-7-9(18-12(15)6-3)8-17-11(14)5-2;6-1-5(2-7,3-8)4-9/h4-6,9H,1-3,7-8H2;6-9H,1-4H2. The van der Waals surface area contributed by atoms with Crippen molar-refractivity contribution in [3.05, 3.63) is 38.0 Å². The van der Waals surface area contributed by atoms with Crippen LogP contribution in [0, 0.1) is 5.41 Å². The Morgan fingerprint density at radius 1 is 0.741 bits per heavy atom. The van der Waals surface area contributed by atoms with Crippen LogP contribution >= 0.6 is 0 Å². The monoisotopic (exact) mass is 390 g/mol. The van der Waals surface area contributed by atoms with Crippen molar-refractivity contribution in [2.45, 2.75) is 6.10 Å². The van der Waals surface area contributed by atoms with Crippen LogP contribution in [0.15, 0.2) is 38.0 Å². The van der Waals surface area contributed by atoms with Crippen LogP contribution in [-0.4, -0.2) is 84.1 Å². The van der Waals surface area contributed by atoms with Crippen LogP contribution < -0.4 is 0 Å². The number of hydrogen-bond acceptors (Lipinski definition) is 10. The zero-order chi connectivity index (χ0) is 21.3. The van der Waals surface area contributed by atoms with E-state index in [1.807, 2.05) is 0 Å². The number of aliphatic hydroxyl groups is 4. The molecule has 0 amide bonds. The van der Waals surface area contributed by atoms with Gasteiger partial charge in [0.1, 0.15) is 13.2 Å². The second kappa shape index (κ2) is 15.7. The van der Waals surface area contributed by atoms with Crippen LogP contribution in [-0.2, 0) is 28.6 Å². The summed E-state index contributed by atoms with van der Waals surface area (Å²) < 4.78 is 14.2. The Kier molecular flexibility index (Phi) is 15.5. The molecule has 0 saturated heterocycles. The van der Waals surface area contributed by atoms with Gasteiger partial charge in [-0.25, -0.2) is 14.4 Å². The largest absolute Gasteiger partial charge is 0.458 e. The summed E-state index contributed by atoms with van der Waals surface area (Å²) in [7, 11) is 0. The SMILES string of the molecule is C=CC(=O)OCC(COC(=O)C=C)OC(=O)C=C.OCC(CO)(CO)CO. The molecule has 0 unspecified atom stereocenters. The molecule has 0 saturated carbocycles. The summed E-state index contributed by atoms with van der Waals surface area (Å²) in [6.07, 6.45) is 1.95. The lowest BCUT2D eigenvalue weighted by atomic mass is 9.93. The zero-order valence-electron chi connectivity index (χ0n) is 14.9. The second-order valence-electron chi connectivity index (χ2n) is 5.06. The molecule has 0 rings (SSSR count). The highest BCUT2D eigenvalue weighted by Gasteiger charge is 2.26. The summed E-state index contributed by atoms with van der Waals surface area (Å²) in [5, 5.41) is 34.0. The van der Waals surface area contributed by atoms with E-state index in [0.717, 1.165) is 18.2 Å². The third-order valence-electron chi connectivity index (χ3n) is 2.95. The smallest absolute Gasteiger partial charge is 0.330 e. The van der Waals surface area contributed by atoms with E-state index < -0.39 is 55.9 Å². The zero-order valence-corrected chi connectivity index (χ0v) is 14.9. The fraction of sp³-hybridized carbons (Fsp3) is 0.471. The van der Waals surface area contributed by atoms with Gasteiger partial charge in [0.2, 0.25) is 0 Å². The van der Waals surface area contributed by atoms with Gasteiger partial charge in [-0.15, -0.1) is 0 Å². The van der Waals surface area contributed by atoms with Gasteiger partial charge >= 0.3 is 17.9 Å². The van der Waals surface area contributed by atoms with Gasteiger partial charge < -0.3 is 34.6 Å². The molecular formula is C17H26O10. The Labute approximate surface area is 157 Å². The third kappa shape index (κ3) is 12.5. The van der Waals surface area contributed by atoms with E-state index in [1.165, 1.54) is 0 Å². The third-order valence-corrected chi connectivity index (χ3v) is 2.95. The lowest BCUT2D eigenvalue weighted by Crippen LogP contribution is -2.37. The van der Waals surface area contributed by atoms with Crippen LogP contribution in [0.3, 0.4) is 0 Å². The van der Waals surface area contributed by atoms with Gasteiger partial charge in [0, 0.05) is 18.2 Å². The number of carbonyl (C=O) groups excluding carboxylic acids is 3. The van der Waals surface area contributed by atoms with Gasteiger partial charge in [0.05, 0.1) is 31.8 Å². The molecule has 4 N–H and O–H groups in total. The molecule has 0 spiro atoms. The molecule has 27 heavy (non-hydrogen) atoms. The molecule has 0 radical (unpaired) electrons. The molecule has 0 fully saturated rings. The first-order chi connectivity index (χ1) is 12.8. The minimum absolute atomic E-state index is 0.255. The van der Waals surface area contributed by atoms with E-state index in [4.69, 9.17) is 25.2 Å². The van der Waals surface area contributed by atoms with Gasteiger partial charge in [0.15, 0.2) is 6.10 Å².